The minimum atomic E-state index is -0.450. The van der Waals surface area contributed by atoms with Crippen molar-refractivity contribution in [3.63, 3.8) is 0 Å². The highest BCUT2D eigenvalue weighted by atomic mass is 32.1. The molecule has 7 nitrogen and oxygen atoms in total. The number of nitrogens with one attached hydrogen (secondary N) is 1. The Morgan fingerprint density at radius 3 is 2.96 bits per heavy atom. The van der Waals surface area contributed by atoms with Crippen molar-refractivity contribution in [3.8, 4) is 0 Å². The summed E-state index contributed by atoms with van der Waals surface area (Å²) in [4.78, 5) is 41.0. The molecule has 0 bridgehead atoms. The van der Waals surface area contributed by atoms with Gasteiger partial charge in [-0.2, -0.15) is 0 Å². The number of hydrogen-bond donors (Lipinski definition) is 1. The highest BCUT2D eigenvalue weighted by Crippen LogP contribution is 2.18. The van der Waals surface area contributed by atoms with Crippen molar-refractivity contribution in [2.24, 2.45) is 0 Å². The van der Waals surface area contributed by atoms with Gasteiger partial charge in [0, 0.05) is 31.8 Å². The molecular formula is C18H19N3O4S. The molecule has 0 unspecified atom stereocenters. The molecule has 1 saturated heterocycles. The third kappa shape index (κ3) is 4.66. The molecule has 1 aliphatic rings. The highest BCUT2D eigenvalue weighted by Gasteiger charge is 2.20. The minimum absolute atomic E-state index is 0.0315. The van der Waals surface area contributed by atoms with Crippen molar-refractivity contribution < 1.29 is 19.1 Å². The summed E-state index contributed by atoms with van der Waals surface area (Å²) in [5.41, 5.74) is 1.91. The maximum absolute atomic E-state index is 12.3. The number of ether oxygens (including phenoxy) is 1. The third-order valence-corrected chi connectivity index (χ3v) is 4.70. The SMILES string of the molecule is CC(=O)Nc1nc(COC(=O)c2cccc(CN3CCCC3=O)c2)cs1. The van der Waals surface area contributed by atoms with Gasteiger partial charge in [0.25, 0.3) is 0 Å². The predicted octanol–water partition coefficient (Wildman–Crippen LogP) is 2.58. The first kappa shape index (κ1) is 18.1. The Bertz CT molecular complexity index is 833. The van der Waals surface area contributed by atoms with Crippen molar-refractivity contribution >= 4 is 34.3 Å². The fraction of sp³-hybridized carbons (Fsp3) is 0.333. The lowest BCUT2D eigenvalue weighted by Gasteiger charge is -2.15. The molecule has 136 valence electrons. The summed E-state index contributed by atoms with van der Waals surface area (Å²) in [5, 5.41) is 4.79. The average Bonchev–Trinajstić information content (AvgIpc) is 3.22. The van der Waals surface area contributed by atoms with E-state index in [-0.39, 0.29) is 18.4 Å². The molecule has 1 N–H and O–H groups in total. The van der Waals surface area contributed by atoms with Crippen LogP contribution >= 0.6 is 11.3 Å². The summed E-state index contributed by atoms with van der Waals surface area (Å²) < 4.78 is 5.29. The number of likely N-dealkylation sites (tertiary alicyclic amines) is 1. The summed E-state index contributed by atoms with van der Waals surface area (Å²) in [5.74, 6) is -0.499. The van der Waals surface area contributed by atoms with Crippen LogP contribution < -0.4 is 5.32 Å². The van der Waals surface area contributed by atoms with Gasteiger partial charge < -0.3 is 15.0 Å². The van der Waals surface area contributed by atoms with Gasteiger partial charge in [-0.3, -0.25) is 9.59 Å². The molecule has 2 amide bonds. The number of rotatable bonds is 6. The van der Waals surface area contributed by atoms with Crippen LogP contribution in [0.3, 0.4) is 0 Å². The summed E-state index contributed by atoms with van der Waals surface area (Å²) in [6.07, 6.45) is 1.48. The smallest absolute Gasteiger partial charge is 0.338 e. The quantitative estimate of drug-likeness (QED) is 0.786. The van der Waals surface area contributed by atoms with Crippen molar-refractivity contribution in [3.05, 3.63) is 46.5 Å². The number of benzene rings is 1. The first-order chi connectivity index (χ1) is 12.5. The summed E-state index contributed by atoms with van der Waals surface area (Å²) in [7, 11) is 0. The molecule has 0 aliphatic carbocycles. The van der Waals surface area contributed by atoms with Crippen LogP contribution in [0.25, 0.3) is 0 Å². The first-order valence-electron chi connectivity index (χ1n) is 8.27. The van der Waals surface area contributed by atoms with E-state index in [1.807, 2.05) is 6.07 Å². The van der Waals surface area contributed by atoms with E-state index in [2.05, 4.69) is 10.3 Å². The van der Waals surface area contributed by atoms with Crippen LogP contribution in [-0.2, 0) is 27.5 Å². The predicted molar refractivity (Wildman–Crippen MR) is 96.6 cm³/mol. The fourth-order valence-electron chi connectivity index (χ4n) is 2.69. The normalized spacial score (nSPS) is 13.7. The zero-order chi connectivity index (χ0) is 18.5. The Morgan fingerprint density at radius 1 is 1.38 bits per heavy atom. The summed E-state index contributed by atoms with van der Waals surface area (Å²) in [6, 6.07) is 7.10. The van der Waals surface area contributed by atoms with E-state index < -0.39 is 5.97 Å². The van der Waals surface area contributed by atoms with Gasteiger partial charge in [-0.15, -0.1) is 11.3 Å². The minimum Gasteiger partial charge on any atom is -0.456 e. The number of hydrogen-bond acceptors (Lipinski definition) is 6. The molecule has 0 atom stereocenters. The first-order valence-corrected chi connectivity index (χ1v) is 9.15. The number of thiazole rings is 1. The number of anilines is 1. The van der Waals surface area contributed by atoms with Crippen molar-refractivity contribution in [1.29, 1.82) is 0 Å². The lowest BCUT2D eigenvalue weighted by atomic mass is 10.1. The van der Waals surface area contributed by atoms with E-state index in [0.717, 1.165) is 18.5 Å². The van der Waals surface area contributed by atoms with Crippen molar-refractivity contribution in [2.75, 3.05) is 11.9 Å². The van der Waals surface area contributed by atoms with Crippen LogP contribution in [0.1, 0.15) is 41.4 Å². The second-order valence-electron chi connectivity index (χ2n) is 6.02. The van der Waals surface area contributed by atoms with E-state index in [0.29, 0.717) is 29.4 Å². The number of esters is 1. The second kappa shape index (κ2) is 8.09. The van der Waals surface area contributed by atoms with Crippen LogP contribution in [0.15, 0.2) is 29.6 Å². The Kier molecular flexibility index (Phi) is 5.62. The molecule has 26 heavy (non-hydrogen) atoms. The van der Waals surface area contributed by atoms with Crippen LogP contribution in [0.4, 0.5) is 5.13 Å². The van der Waals surface area contributed by atoms with Gasteiger partial charge in [-0.1, -0.05) is 12.1 Å². The number of carbonyl (C=O) groups is 3. The van der Waals surface area contributed by atoms with Gasteiger partial charge >= 0.3 is 5.97 Å². The van der Waals surface area contributed by atoms with Crippen molar-refractivity contribution in [2.45, 2.75) is 32.9 Å². The van der Waals surface area contributed by atoms with Gasteiger partial charge in [-0.25, -0.2) is 9.78 Å². The monoisotopic (exact) mass is 373 g/mol. The molecule has 0 saturated carbocycles. The Hall–Kier alpha value is -2.74. The molecule has 0 spiro atoms. The van der Waals surface area contributed by atoms with Gasteiger partial charge in [0.1, 0.15) is 6.61 Å². The number of nitrogens with zero attached hydrogens (tertiary/aromatic N) is 2. The molecule has 3 rings (SSSR count). The zero-order valence-corrected chi connectivity index (χ0v) is 15.2. The van der Waals surface area contributed by atoms with E-state index in [9.17, 15) is 14.4 Å². The maximum Gasteiger partial charge on any atom is 0.338 e. The molecule has 2 heterocycles. The summed E-state index contributed by atoms with van der Waals surface area (Å²) in [6.45, 7) is 2.70. The third-order valence-electron chi connectivity index (χ3n) is 3.89. The molecule has 8 heteroatoms. The molecule has 1 aromatic heterocycles. The lowest BCUT2D eigenvalue weighted by molar-refractivity contribution is -0.128. The van der Waals surface area contributed by atoms with Crippen LogP contribution in [-0.4, -0.2) is 34.2 Å². The number of aromatic nitrogens is 1. The second-order valence-corrected chi connectivity index (χ2v) is 6.88. The van der Waals surface area contributed by atoms with Gasteiger partial charge in [-0.05, 0) is 24.1 Å². The Balaban J connectivity index is 1.57. The molecule has 0 radical (unpaired) electrons. The van der Waals surface area contributed by atoms with E-state index in [1.165, 1.54) is 18.3 Å². The van der Waals surface area contributed by atoms with Gasteiger partial charge in [0.15, 0.2) is 5.13 Å². The molecular weight excluding hydrogens is 354 g/mol. The highest BCUT2D eigenvalue weighted by molar-refractivity contribution is 7.13. The van der Waals surface area contributed by atoms with E-state index >= 15 is 0 Å². The van der Waals surface area contributed by atoms with Crippen LogP contribution in [0.5, 0.6) is 0 Å². The number of amides is 2. The fourth-order valence-corrected chi connectivity index (χ4v) is 3.43. The topological polar surface area (TPSA) is 88.6 Å². The van der Waals surface area contributed by atoms with Crippen LogP contribution in [0.2, 0.25) is 0 Å². The number of carbonyl (C=O) groups excluding carboxylic acids is 3. The van der Waals surface area contributed by atoms with Crippen LogP contribution in [0, 0.1) is 0 Å². The Morgan fingerprint density at radius 2 is 2.23 bits per heavy atom. The standard InChI is InChI=1S/C18H19N3O4S/c1-12(22)19-18-20-15(11-26-18)10-25-17(24)14-5-2-4-13(8-14)9-21-7-3-6-16(21)23/h2,4-5,8,11H,3,6-7,9-10H2,1H3,(H,19,20,22). The summed E-state index contributed by atoms with van der Waals surface area (Å²) >= 11 is 1.27. The largest absolute Gasteiger partial charge is 0.456 e. The molecule has 1 fully saturated rings. The van der Waals surface area contributed by atoms with E-state index in [1.54, 1.807) is 28.5 Å². The maximum atomic E-state index is 12.3. The molecule has 2 aromatic rings. The van der Waals surface area contributed by atoms with Gasteiger partial charge in [0.05, 0.1) is 11.3 Å². The van der Waals surface area contributed by atoms with Gasteiger partial charge in [0.2, 0.25) is 11.8 Å². The van der Waals surface area contributed by atoms with Crippen molar-refractivity contribution in [1.82, 2.24) is 9.88 Å². The Labute approximate surface area is 155 Å². The zero-order valence-electron chi connectivity index (χ0n) is 14.4. The molecule has 1 aromatic carbocycles. The lowest BCUT2D eigenvalue weighted by Crippen LogP contribution is -2.23. The van der Waals surface area contributed by atoms with E-state index in [4.69, 9.17) is 4.74 Å². The molecule has 1 aliphatic heterocycles. The average molecular weight is 373 g/mol.